The number of rotatable bonds is 6. The van der Waals surface area contributed by atoms with Crippen LogP contribution in [0.15, 0.2) is 41.5 Å². The van der Waals surface area contributed by atoms with Crippen LogP contribution in [0, 0.1) is 12.3 Å². The van der Waals surface area contributed by atoms with Crippen LogP contribution in [0.2, 0.25) is 0 Å². The lowest BCUT2D eigenvalue weighted by Gasteiger charge is -2.44. The van der Waals surface area contributed by atoms with Crippen LogP contribution in [0.1, 0.15) is 62.1 Å². The predicted molar refractivity (Wildman–Crippen MR) is 187 cm³/mol. The number of aryl methyl sites for hydroxylation is 1. The number of amides is 3. The maximum Gasteiger partial charge on any atom is 0.327 e. The fourth-order valence-corrected chi connectivity index (χ4v) is 9.04. The number of nitrogens with zero attached hydrogens (tertiary/aromatic N) is 6. The van der Waals surface area contributed by atoms with E-state index in [0.29, 0.717) is 44.0 Å². The van der Waals surface area contributed by atoms with Crippen LogP contribution in [0.3, 0.4) is 0 Å². The molecule has 1 atom stereocenters. The molecule has 7 heterocycles. The minimum absolute atomic E-state index is 0.00341. The monoisotopic (exact) mass is 668 g/mol. The van der Waals surface area contributed by atoms with Gasteiger partial charge in [-0.25, -0.2) is 14.6 Å². The number of aromatic amines is 2. The Morgan fingerprint density at radius 1 is 1.00 bits per heavy atom. The standard InChI is InChI=1S/C36H48N10O3/c1-24-19-25(20-26-22-39-42-31(24)26)21-29(33(47)45-18-10-36(23-45)8-16-43(17-9-36)27-4-12-37-13-5-27)40-34(48)44-14-6-28(7-15-44)46-30-3-2-11-38-32(30)41-35(46)49/h2-3,11,19-20,22,27-29,37H,4-10,12-18,21,23H2,1H3,(H,39,42)(H,40,48)(H,38,41,49). The van der Waals surface area contributed by atoms with Gasteiger partial charge in [0.2, 0.25) is 5.91 Å². The summed E-state index contributed by atoms with van der Waals surface area (Å²) in [6.07, 6.45) is 10.9. The molecule has 4 N–H and O–H groups in total. The zero-order valence-corrected chi connectivity index (χ0v) is 28.4. The second kappa shape index (κ2) is 13.2. The summed E-state index contributed by atoms with van der Waals surface area (Å²) in [4.78, 5) is 54.7. The van der Waals surface area contributed by atoms with Gasteiger partial charge in [0.05, 0.1) is 17.2 Å². The Bertz CT molecular complexity index is 1870. The van der Waals surface area contributed by atoms with Crippen molar-refractivity contribution in [2.24, 2.45) is 5.41 Å². The number of likely N-dealkylation sites (tertiary alicyclic amines) is 3. The number of hydrogen-bond donors (Lipinski definition) is 4. The van der Waals surface area contributed by atoms with Gasteiger partial charge in [0, 0.05) is 56.3 Å². The molecule has 13 heteroatoms. The van der Waals surface area contributed by atoms with Crippen molar-refractivity contribution in [2.75, 3.05) is 52.4 Å². The third-order valence-corrected chi connectivity index (χ3v) is 11.9. The van der Waals surface area contributed by atoms with E-state index in [4.69, 9.17) is 0 Å². The Morgan fingerprint density at radius 2 is 1.78 bits per heavy atom. The van der Waals surface area contributed by atoms with Gasteiger partial charge >= 0.3 is 11.7 Å². The van der Waals surface area contributed by atoms with Crippen molar-refractivity contribution in [3.05, 3.63) is 58.3 Å². The van der Waals surface area contributed by atoms with Gasteiger partial charge in [-0.05, 0) is 113 Å². The summed E-state index contributed by atoms with van der Waals surface area (Å²) in [6, 6.07) is 7.64. The van der Waals surface area contributed by atoms with Gasteiger partial charge in [0.15, 0.2) is 5.65 Å². The van der Waals surface area contributed by atoms with E-state index in [0.717, 1.165) is 86.1 Å². The van der Waals surface area contributed by atoms with E-state index in [1.165, 1.54) is 12.8 Å². The largest absolute Gasteiger partial charge is 0.340 e. The van der Waals surface area contributed by atoms with Crippen LogP contribution < -0.4 is 16.3 Å². The molecule has 4 aromatic rings. The van der Waals surface area contributed by atoms with Crippen LogP contribution in [0.4, 0.5) is 4.79 Å². The molecule has 260 valence electrons. The number of H-pyrrole nitrogens is 2. The molecule has 13 nitrogen and oxygen atoms in total. The van der Waals surface area contributed by atoms with Crippen LogP contribution in [0.25, 0.3) is 22.1 Å². The summed E-state index contributed by atoms with van der Waals surface area (Å²) in [7, 11) is 0. The number of piperidine rings is 3. The van der Waals surface area contributed by atoms with Gasteiger partial charge in [-0.2, -0.15) is 5.10 Å². The number of nitrogens with one attached hydrogen (secondary N) is 4. The van der Waals surface area contributed by atoms with Crippen molar-refractivity contribution in [1.82, 2.24) is 50.1 Å². The van der Waals surface area contributed by atoms with Crippen molar-refractivity contribution in [3.63, 3.8) is 0 Å². The lowest BCUT2D eigenvalue weighted by Crippen LogP contribution is -2.54. The SMILES string of the molecule is Cc1cc(CC(NC(=O)N2CCC(n3c(=O)[nH]c4ncccc43)CC2)C(=O)N2CCC3(CCN(C4CCNCC4)CC3)C2)cc2cn[nH]c12. The number of pyridine rings is 1. The highest BCUT2D eigenvalue weighted by Gasteiger charge is 2.44. The molecular formula is C36H48N10O3. The number of fused-ring (bicyclic) bond motifs is 2. The Hall–Kier alpha value is -4.23. The highest BCUT2D eigenvalue weighted by Crippen LogP contribution is 2.41. The molecule has 1 aromatic carbocycles. The first kappa shape index (κ1) is 32.0. The molecule has 3 aromatic heterocycles. The normalized spacial score (nSPS) is 21.6. The lowest BCUT2D eigenvalue weighted by atomic mass is 9.77. The van der Waals surface area contributed by atoms with Crippen LogP contribution in [-0.4, -0.2) is 116 Å². The summed E-state index contributed by atoms with van der Waals surface area (Å²) >= 11 is 0. The fraction of sp³-hybridized carbons (Fsp3) is 0.583. The Balaban J connectivity index is 0.954. The van der Waals surface area contributed by atoms with Crippen molar-refractivity contribution >= 4 is 34.0 Å². The molecule has 0 radical (unpaired) electrons. The van der Waals surface area contributed by atoms with Crippen molar-refractivity contribution in [3.8, 4) is 0 Å². The highest BCUT2D eigenvalue weighted by molar-refractivity contribution is 5.88. The molecule has 3 amide bonds. The minimum atomic E-state index is -0.679. The molecule has 4 fully saturated rings. The van der Waals surface area contributed by atoms with Gasteiger partial charge in [0.1, 0.15) is 6.04 Å². The first-order valence-corrected chi connectivity index (χ1v) is 18.1. The Kier molecular flexibility index (Phi) is 8.65. The van der Waals surface area contributed by atoms with E-state index in [1.54, 1.807) is 21.9 Å². The molecule has 4 aliphatic heterocycles. The number of carbonyl (C=O) groups is 2. The van der Waals surface area contributed by atoms with Crippen molar-refractivity contribution in [2.45, 2.75) is 76.4 Å². The summed E-state index contributed by atoms with van der Waals surface area (Å²) in [5.74, 6) is 0.00341. The van der Waals surface area contributed by atoms with E-state index < -0.39 is 6.04 Å². The van der Waals surface area contributed by atoms with Gasteiger partial charge in [-0.3, -0.25) is 19.4 Å². The summed E-state index contributed by atoms with van der Waals surface area (Å²) in [6.45, 7) is 8.95. The molecule has 1 unspecified atom stereocenters. The zero-order valence-electron chi connectivity index (χ0n) is 28.4. The van der Waals surface area contributed by atoms with Gasteiger partial charge in [-0.15, -0.1) is 0 Å². The Morgan fingerprint density at radius 3 is 2.57 bits per heavy atom. The van der Waals surface area contributed by atoms with E-state index >= 15 is 0 Å². The van der Waals surface area contributed by atoms with E-state index in [9.17, 15) is 14.4 Å². The van der Waals surface area contributed by atoms with Crippen molar-refractivity contribution < 1.29 is 9.59 Å². The van der Waals surface area contributed by atoms with Crippen LogP contribution >= 0.6 is 0 Å². The third kappa shape index (κ3) is 6.34. The maximum atomic E-state index is 14.4. The number of imidazole rings is 1. The maximum absolute atomic E-state index is 14.4. The second-order valence-electron chi connectivity index (χ2n) is 14.9. The molecule has 49 heavy (non-hydrogen) atoms. The predicted octanol–water partition coefficient (Wildman–Crippen LogP) is 2.93. The number of carbonyl (C=O) groups excluding carboxylic acids is 2. The average molecular weight is 669 g/mol. The smallest absolute Gasteiger partial charge is 0.327 e. The van der Waals surface area contributed by atoms with Crippen molar-refractivity contribution in [1.29, 1.82) is 0 Å². The molecule has 0 aliphatic carbocycles. The molecule has 4 saturated heterocycles. The molecule has 8 rings (SSSR count). The lowest BCUT2D eigenvalue weighted by molar-refractivity contribution is -0.132. The quantitative estimate of drug-likeness (QED) is 0.247. The summed E-state index contributed by atoms with van der Waals surface area (Å²) in [5.41, 5.74) is 4.40. The highest BCUT2D eigenvalue weighted by atomic mass is 16.2. The topological polar surface area (TPSA) is 147 Å². The van der Waals surface area contributed by atoms with Gasteiger partial charge in [-0.1, -0.05) is 6.07 Å². The summed E-state index contributed by atoms with van der Waals surface area (Å²) in [5, 5.41) is 14.9. The third-order valence-electron chi connectivity index (χ3n) is 11.9. The molecule has 4 aliphatic rings. The zero-order chi connectivity index (χ0) is 33.5. The first-order chi connectivity index (χ1) is 23.9. The van der Waals surface area contributed by atoms with E-state index in [-0.39, 0.29) is 29.1 Å². The Labute approximate surface area is 285 Å². The minimum Gasteiger partial charge on any atom is -0.340 e. The molecular weight excluding hydrogens is 620 g/mol. The van der Waals surface area contributed by atoms with Gasteiger partial charge in [0.25, 0.3) is 0 Å². The fourth-order valence-electron chi connectivity index (χ4n) is 9.04. The van der Waals surface area contributed by atoms with E-state index in [1.807, 2.05) is 24.0 Å². The number of hydrogen-bond acceptors (Lipinski definition) is 7. The van der Waals surface area contributed by atoms with Gasteiger partial charge < -0.3 is 25.3 Å². The second-order valence-corrected chi connectivity index (χ2v) is 14.9. The average Bonchev–Trinajstić information content (AvgIpc) is 3.86. The summed E-state index contributed by atoms with van der Waals surface area (Å²) < 4.78 is 1.78. The molecule has 0 saturated carbocycles. The van der Waals surface area contributed by atoms with Crippen LogP contribution in [-0.2, 0) is 11.2 Å². The molecule has 1 spiro atoms. The first-order valence-electron chi connectivity index (χ1n) is 18.1. The number of aromatic nitrogens is 5. The number of benzene rings is 1. The van der Waals surface area contributed by atoms with E-state index in [2.05, 4.69) is 47.8 Å². The van der Waals surface area contributed by atoms with Crippen LogP contribution in [0.5, 0.6) is 0 Å². The molecule has 0 bridgehead atoms. The number of urea groups is 1.